The van der Waals surface area contributed by atoms with Crippen molar-refractivity contribution < 1.29 is 14.7 Å². The zero-order valence-electron chi connectivity index (χ0n) is 14.7. The van der Waals surface area contributed by atoms with Crippen LogP contribution in [-0.2, 0) is 16.1 Å². The first-order valence-corrected chi connectivity index (χ1v) is 9.18. The van der Waals surface area contributed by atoms with E-state index in [4.69, 9.17) is 0 Å². The SMILES string of the molecule is O=C1CCC(c2ccccc2)C2(C(=O)O)CN(Cc3ccccc3)CC12. The maximum Gasteiger partial charge on any atom is 0.312 e. The van der Waals surface area contributed by atoms with Crippen molar-refractivity contribution >= 4 is 11.8 Å². The normalized spacial score (nSPS) is 28.7. The van der Waals surface area contributed by atoms with Crippen molar-refractivity contribution in [2.24, 2.45) is 11.3 Å². The Morgan fingerprint density at radius 2 is 1.69 bits per heavy atom. The number of hydrogen-bond donors (Lipinski definition) is 1. The summed E-state index contributed by atoms with van der Waals surface area (Å²) in [6.07, 6.45) is 1.09. The van der Waals surface area contributed by atoms with Crippen LogP contribution >= 0.6 is 0 Å². The number of ketones is 1. The van der Waals surface area contributed by atoms with Gasteiger partial charge in [-0.25, -0.2) is 0 Å². The number of Topliss-reactive ketones (excluding diaryl/α,β-unsaturated/α-hetero) is 1. The molecule has 1 aliphatic carbocycles. The summed E-state index contributed by atoms with van der Waals surface area (Å²) in [6, 6.07) is 19.9. The lowest BCUT2D eigenvalue weighted by molar-refractivity contribution is -0.158. The molecule has 0 bridgehead atoms. The summed E-state index contributed by atoms with van der Waals surface area (Å²) >= 11 is 0. The Morgan fingerprint density at radius 3 is 2.35 bits per heavy atom. The van der Waals surface area contributed by atoms with E-state index in [1.807, 2.05) is 60.7 Å². The zero-order chi connectivity index (χ0) is 18.1. The average molecular weight is 349 g/mol. The minimum absolute atomic E-state index is 0.107. The predicted octanol–water partition coefficient (Wildman–Crippen LogP) is 3.34. The fourth-order valence-corrected chi connectivity index (χ4v) is 4.90. The van der Waals surface area contributed by atoms with E-state index < -0.39 is 17.3 Å². The van der Waals surface area contributed by atoms with Crippen molar-refractivity contribution in [2.45, 2.75) is 25.3 Å². The molecule has 2 aliphatic rings. The van der Waals surface area contributed by atoms with Gasteiger partial charge in [0.15, 0.2) is 0 Å². The molecule has 4 nitrogen and oxygen atoms in total. The van der Waals surface area contributed by atoms with E-state index in [0.717, 1.165) is 11.1 Å². The largest absolute Gasteiger partial charge is 0.481 e. The van der Waals surface area contributed by atoms with Gasteiger partial charge in [0.2, 0.25) is 0 Å². The second-order valence-electron chi connectivity index (χ2n) is 7.52. The number of carbonyl (C=O) groups is 2. The molecule has 0 spiro atoms. The first-order chi connectivity index (χ1) is 12.6. The lowest BCUT2D eigenvalue weighted by Gasteiger charge is -2.41. The Kier molecular flexibility index (Phi) is 4.37. The van der Waals surface area contributed by atoms with Crippen LogP contribution in [-0.4, -0.2) is 34.8 Å². The molecule has 4 heteroatoms. The molecular weight excluding hydrogens is 326 g/mol. The van der Waals surface area contributed by atoms with E-state index in [-0.39, 0.29) is 11.7 Å². The number of fused-ring (bicyclic) bond motifs is 1. The van der Waals surface area contributed by atoms with Gasteiger partial charge in [-0.15, -0.1) is 0 Å². The molecule has 1 aliphatic heterocycles. The highest BCUT2D eigenvalue weighted by Crippen LogP contribution is 2.53. The first-order valence-electron chi connectivity index (χ1n) is 9.18. The van der Waals surface area contributed by atoms with Gasteiger partial charge in [-0.2, -0.15) is 0 Å². The van der Waals surface area contributed by atoms with Crippen LogP contribution in [0.1, 0.15) is 29.9 Å². The molecule has 2 aromatic rings. The molecular formula is C22H23NO3. The first kappa shape index (κ1) is 17.0. The molecule has 2 fully saturated rings. The predicted molar refractivity (Wildman–Crippen MR) is 98.7 cm³/mol. The maximum absolute atomic E-state index is 12.7. The monoisotopic (exact) mass is 349 g/mol. The summed E-state index contributed by atoms with van der Waals surface area (Å²) < 4.78 is 0. The van der Waals surface area contributed by atoms with E-state index in [2.05, 4.69) is 4.90 Å². The molecule has 0 aromatic heterocycles. The van der Waals surface area contributed by atoms with Crippen molar-refractivity contribution in [1.29, 1.82) is 0 Å². The second-order valence-corrected chi connectivity index (χ2v) is 7.52. The van der Waals surface area contributed by atoms with Gasteiger partial charge >= 0.3 is 5.97 Å². The van der Waals surface area contributed by atoms with Crippen LogP contribution in [0.2, 0.25) is 0 Å². The molecule has 0 radical (unpaired) electrons. The van der Waals surface area contributed by atoms with Gasteiger partial charge in [0.05, 0.1) is 5.41 Å². The quantitative estimate of drug-likeness (QED) is 0.920. The topological polar surface area (TPSA) is 57.6 Å². The molecule has 3 atom stereocenters. The number of nitrogens with zero attached hydrogens (tertiary/aromatic N) is 1. The Bertz CT molecular complexity index is 805. The van der Waals surface area contributed by atoms with Crippen LogP contribution < -0.4 is 0 Å². The third kappa shape index (κ3) is 2.74. The summed E-state index contributed by atoms with van der Waals surface area (Å²) in [5.41, 5.74) is 1.16. The Morgan fingerprint density at radius 1 is 1.04 bits per heavy atom. The standard InChI is InChI=1S/C22H23NO3/c24-20-12-11-18(17-9-5-2-6-10-17)22(21(25)26)15-23(14-19(20)22)13-16-7-3-1-4-8-16/h1-10,18-19H,11-15H2,(H,25,26). The molecule has 3 unspecified atom stereocenters. The molecule has 26 heavy (non-hydrogen) atoms. The van der Waals surface area contributed by atoms with Crippen molar-refractivity contribution in [3.05, 3.63) is 71.8 Å². The molecule has 1 saturated carbocycles. The zero-order valence-corrected chi connectivity index (χ0v) is 14.7. The third-order valence-electron chi connectivity index (χ3n) is 6.09. The lowest BCUT2D eigenvalue weighted by atomic mass is 9.59. The van der Waals surface area contributed by atoms with Crippen LogP contribution in [0.15, 0.2) is 60.7 Å². The summed E-state index contributed by atoms with van der Waals surface area (Å²) in [7, 11) is 0. The second kappa shape index (κ2) is 6.69. The minimum Gasteiger partial charge on any atom is -0.481 e. The molecule has 1 heterocycles. The van der Waals surface area contributed by atoms with Crippen molar-refractivity contribution in [1.82, 2.24) is 4.90 Å². The fraction of sp³-hybridized carbons (Fsp3) is 0.364. The fourth-order valence-electron chi connectivity index (χ4n) is 4.90. The number of benzene rings is 2. The minimum atomic E-state index is -1.02. The Hall–Kier alpha value is -2.46. The molecule has 134 valence electrons. The Balaban J connectivity index is 1.70. The summed E-state index contributed by atoms with van der Waals surface area (Å²) in [4.78, 5) is 27.3. The molecule has 1 N–H and O–H groups in total. The number of hydrogen-bond acceptors (Lipinski definition) is 3. The van der Waals surface area contributed by atoms with Crippen molar-refractivity contribution in [2.75, 3.05) is 13.1 Å². The molecule has 4 rings (SSSR count). The van der Waals surface area contributed by atoms with E-state index in [9.17, 15) is 14.7 Å². The summed E-state index contributed by atoms with van der Waals surface area (Å²) in [5.74, 6) is -1.28. The number of rotatable bonds is 4. The van der Waals surface area contributed by atoms with Gasteiger partial charge in [-0.1, -0.05) is 60.7 Å². The van der Waals surface area contributed by atoms with Gasteiger partial charge in [0.1, 0.15) is 5.78 Å². The molecule has 0 amide bonds. The third-order valence-corrected chi connectivity index (χ3v) is 6.09. The number of aliphatic carboxylic acids is 1. The Labute approximate surface area is 153 Å². The summed E-state index contributed by atoms with van der Waals surface area (Å²) in [6.45, 7) is 1.64. The van der Waals surface area contributed by atoms with E-state index in [1.54, 1.807) is 0 Å². The smallest absolute Gasteiger partial charge is 0.312 e. The lowest BCUT2D eigenvalue weighted by Crippen LogP contribution is -2.50. The van der Waals surface area contributed by atoms with Crippen LogP contribution in [0.4, 0.5) is 0 Å². The number of carboxylic acid groups (broad SMARTS) is 1. The number of carboxylic acids is 1. The van der Waals surface area contributed by atoms with Gasteiger partial charge in [0.25, 0.3) is 0 Å². The average Bonchev–Trinajstić information content (AvgIpc) is 3.05. The summed E-state index contributed by atoms with van der Waals surface area (Å²) in [5, 5.41) is 10.3. The van der Waals surface area contributed by atoms with E-state index >= 15 is 0 Å². The van der Waals surface area contributed by atoms with E-state index in [1.165, 1.54) is 0 Å². The highest BCUT2D eigenvalue weighted by Gasteiger charge is 2.61. The van der Waals surface area contributed by atoms with Crippen molar-refractivity contribution in [3.8, 4) is 0 Å². The van der Waals surface area contributed by atoms with Gasteiger partial charge in [-0.05, 0) is 17.5 Å². The molecule has 2 aromatic carbocycles. The van der Waals surface area contributed by atoms with Crippen LogP contribution in [0.3, 0.4) is 0 Å². The highest BCUT2D eigenvalue weighted by molar-refractivity contribution is 5.92. The van der Waals surface area contributed by atoms with Crippen molar-refractivity contribution in [3.63, 3.8) is 0 Å². The molecule has 1 saturated heterocycles. The van der Waals surface area contributed by atoms with Gasteiger partial charge in [0, 0.05) is 37.9 Å². The van der Waals surface area contributed by atoms with Crippen LogP contribution in [0.25, 0.3) is 0 Å². The maximum atomic E-state index is 12.7. The number of likely N-dealkylation sites (tertiary alicyclic amines) is 1. The van der Waals surface area contributed by atoms with Crippen LogP contribution in [0, 0.1) is 11.3 Å². The van der Waals surface area contributed by atoms with Gasteiger partial charge < -0.3 is 5.11 Å². The van der Waals surface area contributed by atoms with Gasteiger partial charge in [-0.3, -0.25) is 14.5 Å². The van der Waals surface area contributed by atoms with Crippen LogP contribution in [0.5, 0.6) is 0 Å². The van der Waals surface area contributed by atoms with E-state index in [0.29, 0.717) is 32.5 Å². The highest BCUT2D eigenvalue weighted by atomic mass is 16.4. The number of carbonyl (C=O) groups excluding carboxylic acids is 1.